The van der Waals surface area contributed by atoms with Gasteiger partial charge >= 0.3 is 5.97 Å². The first-order valence-electron chi connectivity index (χ1n) is 4.74. The van der Waals surface area contributed by atoms with Crippen LogP contribution < -0.4 is 4.74 Å². The van der Waals surface area contributed by atoms with Gasteiger partial charge in [-0.2, -0.15) is 0 Å². The Bertz CT molecular complexity index is 322. The minimum absolute atomic E-state index is 0.0450. The first kappa shape index (κ1) is 11.5. The minimum Gasteiger partial charge on any atom is -0.482 e. The highest BCUT2D eigenvalue weighted by atomic mass is 16.6. The lowest BCUT2D eigenvalue weighted by Crippen LogP contribution is -2.14. The van der Waals surface area contributed by atoms with Crippen LogP contribution in [0.3, 0.4) is 0 Å². The van der Waals surface area contributed by atoms with Crippen molar-refractivity contribution < 1.29 is 19.4 Å². The van der Waals surface area contributed by atoms with Crippen LogP contribution in [0.4, 0.5) is 0 Å². The third-order valence-electron chi connectivity index (χ3n) is 1.74. The number of aliphatic hydroxyl groups excluding tert-OH is 1. The number of ether oxygens (including phenoxy) is 2. The number of esters is 1. The Kier molecular flexibility index (Phi) is 4.63. The molecule has 4 heteroatoms. The minimum atomic E-state index is -0.396. The second-order valence-corrected chi connectivity index (χ2v) is 2.90. The lowest BCUT2D eigenvalue weighted by atomic mass is 10.2. The van der Waals surface area contributed by atoms with Gasteiger partial charge in [0, 0.05) is 0 Å². The van der Waals surface area contributed by atoms with Crippen molar-refractivity contribution in [1.29, 1.82) is 0 Å². The van der Waals surface area contributed by atoms with E-state index in [-0.39, 0.29) is 13.2 Å². The molecule has 0 aromatic heterocycles. The van der Waals surface area contributed by atoms with E-state index in [0.29, 0.717) is 12.4 Å². The molecular weight excluding hydrogens is 196 g/mol. The molecule has 0 fully saturated rings. The van der Waals surface area contributed by atoms with Gasteiger partial charge in [-0.3, -0.25) is 0 Å². The van der Waals surface area contributed by atoms with E-state index in [0.717, 1.165) is 5.56 Å². The average molecular weight is 210 g/mol. The van der Waals surface area contributed by atoms with Crippen LogP contribution in [-0.4, -0.2) is 24.3 Å². The van der Waals surface area contributed by atoms with Crippen molar-refractivity contribution >= 4 is 5.97 Å². The zero-order valence-corrected chi connectivity index (χ0v) is 8.60. The van der Waals surface area contributed by atoms with Crippen molar-refractivity contribution in [2.24, 2.45) is 0 Å². The highest BCUT2D eigenvalue weighted by Crippen LogP contribution is 2.12. The van der Waals surface area contributed by atoms with Gasteiger partial charge in [0.05, 0.1) is 13.2 Å². The maximum Gasteiger partial charge on any atom is 0.344 e. The molecule has 0 heterocycles. The normalized spacial score (nSPS) is 9.73. The second-order valence-electron chi connectivity index (χ2n) is 2.90. The highest BCUT2D eigenvalue weighted by molar-refractivity contribution is 5.71. The average Bonchev–Trinajstić information content (AvgIpc) is 2.27. The van der Waals surface area contributed by atoms with Crippen molar-refractivity contribution in [3.8, 4) is 5.75 Å². The SMILES string of the molecule is CCOC(=O)COc1cccc(CO)c1. The second kappa shape index (κ2) is 6.03. The van der Waals surface area contributed by atoms with Crippen molar-refractivity contribution in [3.05, 3.63) is 29.8 Å². The summed E-state index contributed by atoms with van der Waals surface area (Å²) in [5.74, 6) is 0.154. The Morgan fingerprint density at radius 1 is 1.47 bits per heavy atom. The number of hydrogen-bond acceptors (Lipinski definition) is 4. The first-order valence-corrected chi connectivity index (χ1v) is 4.74. The topological polar surface area (TPSA) is 55.8 Å². The molecule has 0 bridgehead atoms. The van der Waals surface area contributed by atoms with Crippen LogP contribution in [0.5, 0.6) is 5.75 Å². The molecule has 0 saturated carbocycles. The molecule has 0 amide bonds. The molecule has 0 saturated heterocycles. The fraction of sp³-hybridized carbons (Fsp3) is 0.364. The zero-order valence-electron chi connectivity index (χ0n) is 8.60. The highest BCUT2D eigenvalue weighted by Gasteiger charge is 2.02. The van der Waals surface area contributed by atoms with Gasteiger partial charge < -0.3 is 14.6 Å². The maximum atomic E-state index is 11.0. The van der Waals surface area contributed by atoms with E-state index in [1.54, 1.807) is 31.2 Å². The van der Waals surface area contributed by atoms with Crippen LogP contribution in [0, 0.1) is 0 Å². The van der Waals surface area contributed by atoms with E-state index in [1.165, 1.54) is 0 Å². The van der Waals surface area contributed by atoms with E-state index in [4.69, 9.17) is 14.6 Å². The summed E-state index contributed by atoms with van der Waals surface area (Å²) >= 11 is 0. The van der Waals surface area contributed by atoms with Gasteiger partial charge in [0.2, 0.25) is 0 Å². The molecular formula is C11H14O4. The number of benzene rings is 1. The molecule has 0 unspecified atom stereocenters. The van der Waals surface area contributed by atoms with Gasteiger partial charge in [-0.1, -0.05) is 12.1 Å². The van der Waals surface area contributed by atoms with Gasteiger partial charge in [0.25, 0.3) is 0 Å². The molecule has 4 nitrogen and oxygen atoms in total. The van der Waals surface area contributed by atoms with E-state index >= 15 is 0 Å². The number of rotatable bonds is 5. The Morgan fingerprint density at radius 3 is 2.93 bits per heavy atom. The standard InChI is InChI=1S/C11H14O4/c1-2-14-11(13)8-15-10-5-3-4-9(6-10)7-12/h3-6,12H,2,7-8H2,1H3. The van der Waals surface area contributed by atoms with Gasteiger partial charge in [0.1, 0.15) is 5.75 Å². The number of aliphatic hydroxyl groups is 1. The first-order chi connectivity index (χ1) is 7.26. The summed E-state index contributed by atoms with van der Waals surface area (Å²) in [4.78, 5) is 11.0. The third kappa shape index (κ3) is 3.99. The summed E-state index contributed by atoms with van der Waals surface area (Å²) in [6, 6.07) is 6.93. The molecule has 0 aliphatic carbocycles. The molecule has 0 atom stereocenters. The van der Waals surface area contributed by atoms with Crippen LogP contribution >= 0.6 is 0 Å². The smallest absolute Gasteiger partial charge is 0.344 e. The van der Waals surface area contributed by atoms with Gasteiger partial charge in [-0.15, -0.1) is 0 Å². The largest absolute Gasteiger partial charge is 0.482 e. The summed E-state index contributed by atoms with van der Waals surface area (Å²) in [5, 5.41) is 8.88. The number of hydrogen-bond donors (Lipinski definition) is 1. The van der Waals surface area contributed by atoms with Crippen molar-refractivity contribution in [1.82, 2.24) is 0 Å². The fourth-order valence-electron chi connectivity index (χ4n) is 1.08. The van der Waals surface area contributed by atoms with Crippen LogP contribution in [0.15, 0.2) is 24.3 Å². The maximum absolute atomic E-state index is 11.0. The lowest BCUT2D eigenvalue weighted by Gasteiger charge is -2.06. The molecule has 1 rings (SSSR count). The van der Waals surface area contributed by atoms with Crippen LogP contribution in [0.2, 0.25) is 0 Å². The van der Waals surface area contributed by atoms with Gasteiger partial charge in [0.15, 0.2) is 6.61 Å². The van der Waals surface area contributed by atoms with Gasteiger partial charge in [-0.25, -0.2) is 4.79 Å². The molecule has 15 heavy (non-hydrogen) atoms. The number of carbonyl (C=O) groups excluding carboxylic acids is 1. The monoisotopic (exact) mass is 210 g/mol. The summed E-state index contributed by atoms with van der Waals surface area (Å²) in [5.41, 5.74) is 0.747. The Balaban J connectivity index is 2.46. The molecule has 1 aromatic carbocycles. The molecule has 1 aromatic rings. The van der Waals surface area contributed by atoms with E-state index in [9.17, 15) is 4.79 Å². The van der Waals surface area contributed by atoms with Crippen LogP contribution in [0.25, 0.3) is 0 Å². The van der Waals surface area contributed by atoms with Gasteiger partial charge in [-0.05, 0) is 24.6 Å². The zero-order chi connectivity index (χ0) is 11.1. The number of carbonyl (C=O) groups is 1. The quantitative estimate of drug-likeness (QED) is 0.740. The summed E-state index contributed by atoms with van der Waals surface area (Å²) in [6.07, 6.45) is 0. The van der Waals surface area contributed by atoms with E-state index in [2.05, 4.69) is 0 Å². The molecule has 0 aliphatic heterocycles. The predicted molar refractivity (Wildman–Crippen MR) is 54.5 cm³/mol. The summed E-state index contributed by atoms with van der Waals surface area (Å²) < 4.78 is 9.88. The van der Waals surface area contributed by atoms with E-state index in [1.807, 2.05) is 0 Å². The van der Waals surface area contributed by atoms with Crippen LogP contribution in [0.1, 0.15) is 12.5 Å². The summed E-state index contributed by atoms with van der Waals surface area (Å²) in [6.45, 7) is 1.93. The molecule has 1 N–H and O–H groups in total. The Morgan fingerprint density at radius 2 is 2.27 bits per heavy atom. The Labute approximate surface area is 88.4 Å². The lowest BCUT2D eigenvalue weighted by molar-refractivity contribution is -0.145. The van der Waals surface area contributed by atoms with Crippen LogP contribution in [-0.2, 0) is 16.1 Å². The predicted octanol–water partition coefficient (Wildman–Crippen LogP) is 1.12. The third-order valence-corrected chi connectivity index (χ3v) is 1.74. The molecule has 0 aliphatic rings. The fourth-order valence-corrected chi connectivity index (χ4v) is 1.08. The molecule has 0 spiro atoms. The van der Waals surface area contributed by atoms with Crippen molar-refractivity contribution in [2.75, 3.05) is 13.2 Å². The Hall–Kier alpha value is -1.55. The molecule has 82 valence electrons. The van der Waals surface area contributed by atoms with E-state index < -0.39 is 5.97 Å². The van der Waals surface area contributed by atoms with Crippen molar-refractivity contribution in [3.63, 3.8) is 0 Å². The summed E-state index contributed by atoms with van der Waals surface area (Å²) in [7, 11) is 0. The van der Waals surface area contributed by atoms with Crippen molar-refractivity contribution in [2.45, 2.75) is 13.5 Å². The molecule has 0 radical (unpaired) electrons.